The van der Waals surface area contributed by atoms with Crippen LogP contribution in [0.3, 0.4) is 0 Å². The maximum atomic E-state index is 13.3. The number of hydrogen-bond donors (Lipinski definition) is 0. The van der Waals surface area contributed by atoms with E-state index >= 15 is 0 Å². The second-order valence-electron chi connectivity index (χ2n) is 7.75. The summed E-state index contributed by atoms with van der Waals surface area (Å²) in [5.41, 5.74) is 1.38. The van der Waals surface area contributed by atoms with Crippen molar-refractivity contribution in [2.45, 2.75) is 32.9 Å². The summed E-state index contributed by atoms with van der Waals surface area (Å²) in [6.45, 7) is 8.25. The van der Waals surface area contributed by atoms with Crippen LogP contribution in [0.2, 0.25) is 0 Å². The summed E-state index contributed by atoms with van der Waals surface area (Å²) in [7, 11) is -1.59. The lowest BCUT2D eigenvalue weighted by molar-refractivity contribution is 0.0294. The third-order valence-corrected chi connectivity index (χ3v) is 7.02. The Kier molecular flexibility index (Phi) is 5.30. The minimum absolute atomic E-state index is 0.0478. The van der Waals surface area contributed by atoms with E-state index < -0.39 is 9.84 Å². The quantitative estimate of drug-likeness (QED) is 0.793. The molecule has 0 N–H and O–H groups in total. The molecule has 2 saturated heterocycles. The lowest BCUT2D eigenvalue weighted by Gasteiger charge is -2.44. The normalized spacial score (nSPS) is 25.3. The van der Waals surface area contributed by atoms with Crippen molar-refractivity contribution < 1.29 is 17.9 Å². The molecule has 0 unspecified atom stereocenters. The van der Waals surface area contributed by atoms with Crippen molar-refractivity contribution in [1.82, 2.24) is 9.80 Å². The van der Waals surface area contributed by atoms with Crippen LogP contribution in [0.25, 0.3) is 0 Å². The van der Waals surface area contributed by atoms with Crippen molar-refractivity contribution in [1.29, 1.82) is 0 Å². The Hall–Kier alpha value is -1.60. The lowest BCUT2D eigenvalue weighted by Crippen LogP contribution is -2.61. The molecule has 2 aliphatic rings. The van der Waals surface area contributed by atoms with Gasteiger partial charge in [-0.25, -0.2) is 8.42 Å². The monoisotopic (exact) mass is 380 g/mol. The highest BCUT2D eigenvalue weighted by molar-refractivity contribution is 7.91. The Morgan fingerprint density at radius 1 is 1.23 bits per heavy atom. The first-order valence-electron chi connectivity index (χ1n) is 9.12. The number of nitrogens with zero attached hydrogens (tertiary/aromatic N) is 2. The molecule has 0 aliphatic carbocycles. The molecule has 144 valence electrons. The number of aryl methyl sites for hydroxylation is 1. The van der Waals surface area contributed by atoms with Crippen LogP contribution in [0, 0.1) is 12.8 Å². The number of ether oxygens (including phenoxy) is 1. The number of fused-ring (bicyclic) bond motifs is 1. The molecule has 0 bridgehead atoms. The molecule has 2 fully saturated rings. The standard InChI is InChI=1S/C19H28N2O4S/c1-13(2)10-20-8-9-21(16-12-26(23,24)11-15(16)20)19(22)18-14(3)6-5-7-17(18)25-4/h5-7,13,15-16H,8-12H2,1-4H3/t15-,16+/m1/s1. The number of piperazine rings is 1. The smallest absolute Gasteiger partial charge is 0.258 e. The molecule has 0 aromatic heterocycles. The Morgan fingerprint density at radius 3 is 2.58 bits per heavy atom. The molecular formula is C19H28N2O4S. The van der Waals surface area contributed by atoms with E-state index in [0.717, 1.165) is 12.1 Å². The topological polar surface area (TPSA) is 66.9 Å². The van der Waals surface area contributed by atoms with Gasteiger partial charge in [-0.05, 0) is 24.5 Å². The number of sulfone groups is 1. The van der Waals surface area contributed by atoms with Gasteiger partial charge in [0, 0.05) is 25.7 Å². The summed E-state index contributed by atoms with van der Waals surface area (Å²) < 4.78 is 30.1. The van der Waals surface area contributed by atoms with E-state index in [9.17, 15) is 13.2 Å². The minimum atomic E-state index is -3.14. The van der Waals surface area contributed by atoms with Crippen LogP contribution in [0.4, 0.5) is 0 Å². The van der Waals surface area contributed by atoms with Gasteiger partial charge in [0.1, 0.15) is 5.75 Å². The summed E-state index contributed by atoms with van der Waals surface area (Å²) in [5, 5.41) is 0. The maximum Gasteiger partial charge on any atom is 0.258 e. The number of amides is 1. The molecule has 3 rings (SSSR count). The van der Waals surface area contributed by atoms with Crippen LogP contribution in [0.1, 0.15) is 29.8 Å². The Labute approximate surface area is 156 Å². The molecule has 0 spiro atoms. The van der Waals surface area contributed by atoms with Gasteiger partial charge < -0.3 is 9.64 Å². The Balaban J connectivity index is 1.93. The molecule has 2 atom stereocenters. The van der Waals surface area contributed by atoms with Gasteiger partial charge in [-0.2, -0.15) is 0 Å². The average Bonchev–Trinajstić information content (AvgIpc) is 2.89. The van der Waals surface area contributed by atoms with Gasteiger partial charge in [0.2, 0.25) is 0 Å². The van der Waals surface area contributed by atoms with Gasteiger partial charge in [-0.3, -0.25) is 9.69 Å². The van der Waals surface area contributed by atoms with Gasteiger partial charge in [-0.15, -0.1) is 0 Å². The largest absolute Gasteiger partial charge is 0.496 e. The Bertz CT molecular complexity index is 791. The van der Waals surface area contributed by atoms with Gasteiger partial charge in [-0.1, -0.05) is 26.0 Å². The van der Waals surface area contributed by atoms with Crippen molar-refractivity contribution >= 4 is 15.7 Å². The number of benzene rings is 1. The summed E-state index contributed by atoms with van der Waals surface area (Å²) in [5.74, 6) is 1.05. The van der Waals surface area contributed by atoms with Crippen molar-refractivity contribution in [2.24, 2.45) is 5.92 Å². The molecule has 7 heteroatoms. The van der Waals surface area contributed by atoms with Crippen LogP contribution in [0.15, 0.2) is 18.2 Å². The van der Waals surface area contributed by atoms with Crippen LogP contribution in [-0.2, 0) is 9.84 Å². The second kappa shape index (κ2) is 7.19. The van der Waals surface area contributed by atoms with Crippen LogP contribution in [-0.4, -0.2) is 74.5 Å². The van der Waals surface area contributed by atoms with Crippen molar-refractivity contribution in [3.63, 3.8) is 0 Å². The lowest BCUT2D eigenvalue weighted by atomic mass is 9.99. The molecule has 6 nitrogen and oxygen atoms in total. The first-order chi connectivity index (χ1) is 12.2. The first kappa shape index (κ1) is 19.2. The summed E-state index contributed by atoms with van der Waals surface area (Å²) >= 11 is 0. The fourth-order valence-corrected chi connectivity index (χ4v) is 6.21. The highest BCUT2D eigenvalue weighted by atomic mass is 32.2. The molecule has 0 radical (unpaired) electrons. The van der Waals surface area contributed by atoms with E-state index in [1.807, 2.05) is 19.1 Å². The maximum absolute atomic E-state index is 13.3. The predicted octanol–water partition coefficient (Wildman–Crippen LogP) is 1.58. The number of carbonyl (C=O) groups is 1. The molecule has 26 heavy (non-hydrogen) atoms. The molecule has 1 aromatic rings. The Morgan fingerprint density at radius 2 is 1.92 bits per heavy atom. The SMILES string of the molecule is COc1cccc(C)c1C(=O)N1CCN(CC(C)C)[C@@H]2CS(=O)(=O)C[C@@H]21. The average molecular weight is 381 g/mol. The molecular weight excluding hydrogens is 352 g/mol. The minimum Gasteiger partial charge on any atom is -0.496 e. The third-order valence-electron chi connectivity index (χ3n) is 5.32. The van der Waals surface area contributed by atoms with Crippen LogP contribution >= 0.6 is 0 Å². The van der Waals surface area contributed by atoms with Gasteiger partial charge in [0.15, 0.2) is 9.84 Å². The van der Waals surface area contributed by atoms with E-state index in [2.05, 4.69) is 18.7 Å². The number of rotatable bonds is 4. The zero-order valence-corrected chi connectivity index (χ0v) is 16.8. The van der Waals surface area contributed by atoms with E-state index in [1.54, 1.807) is 18.1 Å². The van der Waals surface area contributed by atoms with Gasteiger partial charge >= 0.3 is 0 Å². The van der Waals surface area contributed by atoms with Crippen molar-refractivity contribution in [3.05, 3.63) is 29.3 Å². The van der Waals surface area contributed by atoms with E-state index in [4.69, 9.17) is 4.74 Å². The predicted molar refractivity (Wildman–Crippen MR) is 101 cm³/mol. The van der Waals surface area contributed by atoms with Gasteiger partial charge in [0.25, 0.3) is 5.91 Å². The van der Waals surface area contributed by atoms with Crippen molar-refractivity contribution in [3.8, 4) is 5.75 Å². The number of carbonyl (C=O) groups excluding carboxylic acids is 1. The number of hydrogen-bond acceptors (Lipinski definition) is 5. The molecule has 2 aliphatic heterocycles. The molecule has 1 amide bonds. The fourth-order valence-electron chi connectivity index (χ4n) is 4.20. The number of methoxy groups -OCH3 is 1. The van der Waals surface area contributed by atoms with Crippen LogP contribution < -0.4 is 4.74 Å². The summed E-state index contributed by atoms with van der Waals surface area (Å²) in [6.07, 6.45) is 0. The van der Waals surface area contributed by atoms with E-state index in [1.165, 1.54) is 0 Å². The van der Waals surface area contributed by atoms with E-state index in [0.29, 0.717) is 30.3 Å². The zero-order chi connectivity index (χ0) is 19.1. The highest BCUT2D eigenvalue weighted by Gasteiger charge is 2.48. The molecule has 0 saturated carbocycles. The zero-order valence-electron chi connectivity index (χ0n) is 15.9. The summed E-state index contributed by atoms with van der Waals surface area (Å²) in [6, 6.07) is 5.11. The highest BCUT2D eigenvalue weighted by Crippen LogP contribution is 2.31. The first-order valence-corrected chi connectivity index (χ1v) is 10.9. The van der Waals surface area contributed by atoms with Gasteiger partial charge in [0.05, 0.1) is 30.2 Å². The van der Waals surface area contributed by atoms with E-state index in [-0.39, 0.29) is 29.5 Å². The fraction of sp³-hybridized carbons (Fsp3) is 0.632. The molecule has 2 heterocycles. The van der Waals surface area contributed by atoms with Crippen molar-refractivity contribution in [2.75, 3.05) is 38.2 Å². The second-order valence-corrected chi connectivity index (χ2v) is 9.90. The summed E-state index contributed by atoms with van der Waals surface area (Å²) in [4.78, 5) is 17.3. The third kappa shape index (κ3) is 3.60. The van der Waals surface area contributed by atoms with Crippen LogP contribution in [0.5, 0.6) is 5.75 Å². The molecule has 1 aromatic carbocycles.